The number of anilines is 1. The van der Waals surface area contributed by atoms with E-state index < -0.39 is 22.6 Å². The van der Waals surface area contributed by atoms with E-state index in [1.165, 1.54) is 0 Å². The van der Waals surface area contributed by atoms with Crippen molar-refractivity contribution < 1.29 is 19.5 Å². The van der Waals surface area contributed by atoms with E-state index in [0.29, 0.717) is 30.2 Å². The van der Waals surface area contributed by atoms with Crippen molar-refractivity contribution in [1.29, 1.82) is 0 Å². The smallest absolute Gasteiger partial charge is 0.248 e. The summed E-state index contributed by atoms with van der Waals surface area (Å²) in [4.78, 5) is 43.8. The highest BCUT2D eigenvalue weighted by Crippen LogP contribution is 2.68. The molecule has 3 amide bonds. The minimum atomic E-state index is -0.699. The minimum absolute atomic E-state index is 0.0104. The van der Waals surface area contributed by atoms with Gasteiger partial charge in [-0.1, -0.05) is 73.8 Å². The number of likely N-dealkylation sites (tertiary alicyclic amines) is 1. The van der Waals surface area contributed by atoms with Gasteiger partial charge in [-0.3, -0.25) is 14.4 Å². The van der Waals surface area contributed by atoms with E-state index in [2.05, 4.69) is 17.6 Å². The molecular weight excluding hydrogens is 546 g/mol. The summed E-state index contributed by atoms with van der Waals surface area (Å²) in [6.07, 6.45) is 3.95. The Balaban J connectivity index is 1.44. The lowest BCUT2D eigenvalue weighted by Gasteiger charge is -2.38. The molecule has 3 aliphatic heterocycles. The number of hydrogen-bond acceptors (Lipinski definition) is 5. The number of aliphatic hydroxyl groups is 1. The third-order valence-electron chi connectivity index (χ3n) is 8.88. The van der Waals surface area contributed by atoms with E-state index in [4.69, 9.17) is 16.7 Å². The number of fused-ring (bicyclic) bond motifs is 1. The molecule has 0 saturated carbocycles. The van der Waals surface area contributed by atoms with Gasteiger partial charge in [-0.15, -0.1) is 11.8 Å². The zero-order chi connectivity index (χ0) is 28.4. The second-order valence-electron chi connectivity index (χ2n) is 11.3. The highest BCUT2D eigenvalue weighted by Gasteiger charge is 2.75. The second-order valence-corrected chi connectivity index (χ2v) is 13.3. The third-order valence-corrected chi connectivity index (χ3v) is 11.3. The predicted octanol–water partition coefficient (Wildman–Crippen LogP) is 4.79. The lowest BCUT2D eigenvalue weighted by molar-refractivity contribution is -0.139. The van der Waals surface area contributed by atoms with Crippen LogP contribution in [0.5, 0.6) is 0 Å². The van der Waals surface area contributed by atoms with Gasteiger partial charge in [-0.05, 0) is 49.3 Å². The van der Waals surface area contributed by atoms with Gasteiger partial charge in [0.25, 0.3) is 0 Å². The molecule has 3 heterocycles. The number of benzene rings is 2. The fourth-order valence-corrected chi connectivity index (χ4v) is 9.68. The normalized spacial score (nSPS) is 28.6. The molecule has 0 aromatic heterocycles. The first-order valence-electron chi connectivity index (χ1n) is 14.3. The third kappa shape index (κ3) is 5.14. The zero-order valence-corrected chi connectivity index (χ0v) is 24.6. The molecule has 2 aromatic carbocycles. The van der Waals surface area contributed by atoms with Crippen molar-refractivity contribution >= 4 is 46.8 Å². The fourth-order valence-electron chi connectivity index (χ4n) is 6.99. The van der Waals surface area contributed by atoms with E-state index in [0.717, 1.165) is 36.8 Å². The summed E-state index contributed by atoms with van der Waals surface area (Å²) >= 11 is 8.15. The van der Waals surface area contributed by atoms with Crippen LogP contribution in [0.25, 0.3) is 0 Å². The molecule has 1 spiro atoms. The van der Waals surface area contributed by atoms with Crippen LogP contribution in [0.3, 0.4) is 0 Å². The molecular formula is C31H38ClN3O4S. The SMILES string of the molecule is Cc1cccc(Cl)c1NC(=O)C1N(CCCCCCO)C(=O)[C@@H]2[C@H](C(=O)NCc3ccccc3)[C@@H]3CC(C)C12S3. The number of unbranched alkanes of at least 4 members (excludes halogenated alkanes) is 3. The number of carbonyl (C=O) groups excluding carboxylic acids is 3. The first-order valence-corrected chi connectivity index (χ1v) is 15.5. The molecule has 3 saturated heterocycles. The number of nitrogens with zero attached hydrogens (tertiary/aromatic N) is 1. The summed E-state index contributed by atoms with van der Waals surface area (Å²) in [5.41, 5.74) is 2.42. The molecule has 9 heteroatoms. The van der Waals surface area contributed by atoms with Crippen LogP contribution < -0.4 is 10.6 Å². The van der Waals surface area contributed by atoms with Gasteiger partial charge in [0.05, 0.1) is 27.3 Å². The van der Waals surface area contributed by atoms with Gasteiger partial charge in [0, 0.05) is 24.9 Å². The molecule has 214 valence electrons. The van der Waals surface area contributed by atoms with E-state index in [9.17, 15) is 14.4 Å². The number of aliphatic hydroxyl groups excluding tert-OH is 1. The Bertz CT molecular complexity index is 1240. The van der Waals surface area contributed by atoms with Gasteiger partial charge in [0.15, 0.2) is 0 Å². The van der Waals surface area contributed by atoms with Crippen molar-refractivity contribution in [1.82, 2.24) is 10.2 Å². The molecule has 2 aromatic rings. The van der Waals surface area contributed by atoms with Crippen molar-refractivity contribution in [3.63, 3.8) is 0 Å². The summed E-state index contributed by atoms with van der Waals surface area (Å²) in [7, 11) is 0. The molecule has 0 aliphatic carbocycles. The average molecular weight is 584 g/mol. The number of thioether (sulfide) groups is 1. The summed E-state index contributed by atoms with van der Waals surface area (Å²) in [6.45, 7) is 5.01. The Kier molecular flexibility index (Phi) is 8.78. The van der Waals surface area contributed by atoms with Gasteiger partial charge in [0.2, 0.25) is 17.7 Å². The van der Waals surface area contributed by atoms with E-state index in [1.54, 1.807) is 22.7 Å². The Morgan fingerprint density at radius 3 is 2.55 bits per heavy atom. The fraction of sp³-hybridized carbons (Fsp3) is 0.516. The Labute approximate surface area is 245 Å². The lowest BCUT2D eigenvalue weighted by atomic mass is 9.66. The van der Waals surface area contributed by atoms with Gasteiger partial charge in [-0.2, -0.15) is 0 Å². The van der Waals surface area contributed by atoms with Crippen LogP contribution in [-0.4, -0.2) is 56.9 Å². The number of carbonyl (C=O) groups is 3. The van der Waals surface area contributed by atoms with Crippen LogP contribution in [-0.2, 0) is 20.9 Å². The topological polar surface area (TPSA) is 98.7 Å². The summed E-state index contributed by atoms with van der Waals surface area (Å²) < 4.78 is -0.680. The highest BCUT2D eigenvalue weighted by molar-refractivity contribution is 8.02. The Morgan fingerprint density at radius 2 is 1.82 bits per heavy atom. The quantitative estimate of drug-likeness (QED) is 0.330. The maximum absolute atomic E-state index is 14.2. The van der Waals surface area contributed by atoms with Crippen LogP contribution >= 0.6 is 23.4 Å². The summed E-state index contributed by atoms with van der Waals surface area (Å²) in [6, 6.07) is 14.5. The molecule has 3 unspecified atom stereocenters. The molecule has 5 rings (SSSR count). The molecule has 7 nitrogen and oxygen atoms in total. The van der Waals surface area contributed by atoms with Gasteiger partial charge >= 0.3 is 0 Å². The van der Waals surface area contributed by atoms with Crippen LogP contribution in [0.2, 0.25) is 5.02 Å². The number of para-hydroxylation sites is 1. The van der Waals surface area contributed by atoms with Crippen molar-refractivity contribution in [2.45, 2.75) is 68.5 Å². The predicted molar refractivity (Wildman–Crippen MR) is 159 cm³/mol. The largest absolute Gasteiger partial charge is 0.396 e. The second kappa shape index (κ2) is 12.1. The first-order chi connectivity index (χ1) is 19.3. The molecule has 40 heavy (non-hydrogen) atoms. The number of aryl methyl sites for hydroxylation is 1. The summed E-state index contributed by atoms with van der Waals surface area (Å²) in [5.74, 6) is -1.39. The van der Waals surface area contributed by atoms with E-state index in [1.807, 2.05) is 49.4 Å². The number of nitrogens with one attached hydrogen (secondary N) is 2. The highest BCUT2D eigenvalue weighted by atomic mass is 35.5. The zero-order valence-electron chi connectivity index (χ0n) is 23.1. The molecule has 3 aliphatic rings. The molecule has 2 bridgehead atoms. The maximum atomic E-state index is 14.2. The number of rotatable bonds is 11. The maximum Gasteiger partial charge on any atom is 0.248 e. The van der Waals surface area contributed by atoms with Gasteiger partial charge < -0.3 is 20.6 Å². The standard InChI is InChI=1S/C31H38ClN3O4S/c1-19-11-10-14-22(32)26(19)34-29(38)27-31-20(2)17-23(40-31)24(28(37)33-18-21-12-6-5-7-13-21)25(31)30(39)35(27)15-8-3-4-9-16-36/h5-7,10-14,20,23-25,27,36H,3-4,8-9,15-18H2,1-2H3,(H,33,37)(H,34,38)/t20?,23-,24+,25-,27?,31?/m0/s1. The average Bonchev–Trinajstić information content (AvgIpc) is 3.53. The molecule has 6 atom stereocenters. The van der Waals surface area contributed by atoms with Crippen LogP contribution in [0.15, 0.2) is 48.5 Å². The summed E-state index contributed by atoms with van der Waals surface area (Å²) in [5, 5.41) is 15.8. The minimum Gasteiger partial charge on any atom is -0.396 e. The lowest BCUT2D eigenvalue weighted by Crippen LogP contribution is -2.55. The monoisotopic (exact) mass is 583 g/mol. The molecule has 3 fully saturated rings. The first kappa shape index (κ1) is 29.0. The molecule has 0 radical (unpaired) electrons. The van der Waals surface area contributed by atoms with Gasteiger partial charge in [-0.25, -0.2) is 0 Å². The van der Waals surface area contributed by atoms with Crippen molar-refractivity contribution in [2.24, 2.45) is 17.8 Å². The van der Waals surface area contributed by atoms with E-state index in [-0.39, 0.29) is 35.5 Å². The van der Waals surface area contributed by atoms with Crippen LogP contribution in [0, 0.1) is 24.7 Å². The molecule has 3 N–H and O–H groups in total. The number of halogens is 1. The Hall–Kier alpha value is -2.55. The number of hydrogen-bond donors (Lipinski definition) is 3. The van der Waals surface area contributed by atoms with Gasteiger partial charge in [0.1, 0.15) is 6.04 Å². The van der Waals surface area contributed by atoms with E-state index >= 15 is 0 Å². The van der Waals surface area contributed by atoms with Crippen molar-refractivity contribution in [3.8, 4) is 0 Å². The van der Waals surface area contributed by atoms with Crippen molar-refractivity contribution in [2.75, 3.05) is 18.5 Å². The van der Waals surface area contributed by atoms with Crippen LogP contribution in [0.1, 0.15) is 50.2 Å². The van der Waals surface area contributed by atoms with Crippen LogP contribution in [0.4, 0.5) is 5.69 Å². The Morgan fingerprint density at radius 1 is 1.07 bits per heavy atom. The number of amides is 3. The van der Waals surface area contributed by atoms with Crippen molar-refractivity contribution in [3.05, 3.63) is 64.7 Å².